The van der Waals surface area contributed by atoms with Gasteiger partial charge in [-0.05, 0) is 13.0 Å². The second kappa shape index (κ2) is 5.67. The van der Waals surface area contributed by atoms with Gasteiger partial charge in [0.15, 0.2) is 0 Å². The zero-order chi connectivity index (χ0) is 13.1. The lowest BCUT2D eigenvalue weighted by Gasteiger charge is -2.08. The first kappa shape index (κ1) is 13.3. The molecule has 0 aliphatic carbocycles. The molecule has 4 nitrogen and oxygen atoms in total. The van der Waals surface area contributed by atoms with Gasteiger partial charge in [0, 0.05) is 16.0 Å². The average Bonchev–Trinajstić information content (AvgIpc) is 2.75. The monoisotopic (exact) mass is 282 g/mol. The zero-order valence-electron chi connectivity index (χ0n) is 10.5. The van der Waals surface area contributed by atoms with E-state index in [1.54, 1.807) is 29.4 Å². The summed E-state index contributed by atoms with van der Waals surface area (Å²) >= 11 is 3.23. The number of thiophene rings is 1. The maximum absolute atomic E-state index is 11.3. The van der Waals surface area contributed by atoms with E-state index in [2.05, 4.69) is 23.0 Å². The SMILES string of the molecule is COC(=O)C(C)CSc1ncnc2sc(C)cc12. The van der Waals surface area contributed by atoms with Crippen molar-refractivity contribution in [2.75, 3.05) is 12.9 Å². The Hall–Kier alpha value is -1.14. The van der Waals surface area contributed by atoms with Crippen molar-refractivity contribution in [3.8, 4) is 0 Å². The number of aromatic nitrogens is 2. The van der Waals surface area contributed by atoms with Crippen LogP contribution in [0, 0.1) is 12.8 Å². The van der Waals surface area contributed by atoms with E-state index < -0.39 is 0 Å². The van der Waals surface area contributed by atoms with Crippen LogP contribution in [-0.4, -0.2) is 28.8 Å². The van der Waals surface area contributed by atoms with Gasteiger partial charge in [0.2, 0.25) is 0 Å². The second-order valence-electron chi connectivity index (χ2n) is 3.99. The molecule has 18 heavy (non-hydrogen) atoms. The zero-order valence-corrected chi connectivity index (χ0v) is 12.1. The lowest BCUT2D eigenvalue weighted by atomic mass is 10.2. The van der Waals surface area contributed by atoms with Gasteiger partial charge in [-0.2, -0.15) is 0 Å². The first-order chi connectivity index (χ1) is 8.61. The summed E-state index contributed by atoms with van der Waals surface area (Å²) in [6.45, 7) is 3.91. The maximum atomic E-state index is 11.3. The van der Waals surface area contributed by atoms with E-state index in [0.717, 1.165) is 15.2 Å². The van der Waals surface area contributed by atoms with Crippen LogP contribution in [0.4, 0.5) is 0 Å². The van der Waals surface area contributed by atoms with Crippen LogP contribution in [0.25, 0.3) is 10.2 Å². The quantitative estimate of drug-likeness (QED) is 0.490. The molecule has 0 aromatic carbocycles. The molecule has 0 aliphatic heterocycles. The van der Waals surface area contributed by atoms with Crippen molar-refractivity contribution in [3.63, 3.8) is 0 Å². The van der Waals surface area contributed by atoms with Gasteiger partial charge >= 0.3 is 5.97 Å². The van der Waals surface area contributed by atoms with Crippen LogP contribution in [-0.2, 0) is 9.53 Å². The topological polar surface area (TPSA) is 52.1 Å². The van der Waals surface area contributed by atoms with E-state index in [0.29, 0.717) is 5.75 Å². The first-order valence-corrected chi connectivity index (χ1v) is 7.33. The molecule has 0 fully saturated rings. The third-order valence-corrected chi connectivity index (χ3v) is 4.71. The molecule has 0 amide bonds. The standard InChI is InChI=1S/C12H14N2O2S2/c1-7(12(15)16-3)5-17-10-9-4-8(2)18-11(9)14-6-13-10/h4,6-7H,5H2,1-3H3. The Morgan fingerprint density at radius 3 is 3.06 bits per heavy atom. The third kappa shape index (κ3) is 2.81. The molecule has 0 spiro atoms. The predicted molar refractivity (Wildman–Crippen MR) is 74.1 cm³/mol. The third-order valence-electron chi connectivity index (χ3n) is 2.49. The minimum Gasteiger partial charge on any atom is -0.469 e. The summed E-state index contributed by atoms with van der Waals surface area (Å²) < 4.78 is 4.71. The summed E-state index contributed by atoms with van der Waals surface area (Å²) in [5.74, 6) is 0.340. The number of hydrogen-bond acceptors (Lipinski definition) is 6. The Balaban J connectivity index is 2.14. The van der Waals surface area contributed by atoms with Crippen molar-refractivity contribution in [3.05, 3.63) is 17.3 Å². The van der Waals surface area contributed by atoms with E-state index in [1.165, 1.54) is 12.0 Å². The Morgan fingerprint density at radius 2 is 2.33 bits per heavy atom. The minimum absolute atomic E-state index is 0.134. The van der Waals surface area contributed by atoms with E-state index in [4.69, 9.17) is 4.74 Å². The number of rotatable bonds is 4. The number of methoxy groups -OCH3 is 1. The number of carbonyl (C=O) groups excluding carboxylic acids is 1. The Morgan fingerprint density at radius 1 is 1.56 bits per heavy atom. The van der Waals surface area contributed by atoms with Crippen molar-refractivity contribution in [2.45, 2.75) is 18.9 Å². The molecular weight excluding hydrogens is 268 g/mol. The lowest BCUT2D eigenvalue weighted by Crippen LogP contribution is -2.14. The van der Waals surface area contributed by atoms with Crippen LogP contribution in [0.2, 0.25) is 0 Å². The molecule has 6 heteroatoms. The van der Waals surface area contributed by atoms with E-state index in [9.17, 15) is 4.79 Å². The smallest absolute Gasteiger partial charge is 0.309 e. The number of hydrogen-bond donors (Lipinski definition) is 0. The number of thioether (sulfide) groups is 1. The molecule has 0 saturated carbocycles. The molecule has 0 aliphatic rings. The molecule has 1 unspecified atom stereocenters. The average molecular weight is 282 g/mol. The number of ether oxygens (including phenoxy) is 1. The van der Waals surface area contributed by atoms with Crippen LogP contribution in [0.15, 0.2) is 17.4 Å². The van der Waals surface area contributed by atoms with Gasteiger partial charge in [-0.15, -0.1) is 23.1 Å². The van der Waals surface area contributed by atoms with Crippen molar-refractivity contribution < 1.29 is 9.53 Å². The summed E-state index contributed by atoms with van der Waals surface area (Å²) in [5.41, 5.74) is 0. The van der Waals surface area contributed by atoms with E-state index in [1.807, 2.05) is 6.92 Å². The molecule has 0 radical (unpaired) electrons. The van der Waals surface area contributed by atoms with Crippen molar-refractivity contribution in [1.82, 2.24) is 9.97 Å². The lowest BCUT2D eigenvalue weighted by molar-refractivity contribution is -0.143. The largest absolute Gasteiger partial charge is 0.469 e. The summed E-state index contributed by atoms with van der Waals surface area (Å²) in [6, 6.07) is 2.09. The molecule has 2 heterocycles. The molecule has 2 aromatic heterocycles. The van der Waals surface area contributed by atoms with Gasteiger partial charge in [0.1, 0.15) is 16.2 Å². The number of nitrogens with zero attached hydrogens (tertiary/aromatic N) is 2. The normalized spacial score (nSPS) is 12.6. The molecule has 2 rings (SSSR count). The molecule has 0 bridgehead atoms. The van der Waals surface area contributed by atoms with Crippen LogP contribution >= 0.6 is 23.1 Å². The van der Waals surface area contributed by atoms with E-state index >= 15 is 0 Å². The van der Waals surface area contributed by atoms with Crippen molar-refractivity contribution in [2.24, 2.45) is 5.92 Å². The summed E-state index contributed by atoms with van der Waals surface area (Å²) in [4.78, 5) is 22.1. The highest BCUT2D eigenvalue weighted by molar-refractivity contribution is 7.99. The van der Waals surface area contributed by atoms with Crippen molar-refractivity contribution >= 4 is 39.3 Å². The molecule has 96 valence electrons. The summed E-state index contributed by atoms with van der Waals surface area (Å²) in [5, 5.41) is 2.00. The fraction of sp³-hybridized carbons (Fsp3) is 0.417. The molecular formula is C12H14N2O2S2. The van der Waals surface area contributed by atoms with Gasteiger partial charge in [-0.3, -0.25) is 4.79 Å². The summed E-state index contributed by atoms with van der Waals surface area (Å²) in [6.07, 6.45) is 1.57. The van der Waals surface area contributed by atoms with Gasteiger partial charge in [-0.1, -0.05) is 6.92 Å². The molecule has 0 saturated heterocycles. The highest BCUT2D eigenvalue weighted by atomic mass is 32.2. The Bertz CT molecular complexity index is 568. The maximum Gasteiger partial charge on any atom is 0.309 e. The molecule has 2 aromatic rings. The van der Waals surface area contributed by atoms with Crippen molar-refractivity contribution in [1.29, 1.82) is 0 Å². The summed E-state index contributed by atoms with van der Waals surface area (Å²) in [7, 11) is 1.41. The van der Waals surface area contributed by atoms with Crippen LogP contribution in [0.5, 0.6) is 0 Å². The van der Waals surface area contributed by atoms with Crippen LogP contribution < -0.4 is 0 Å². The van der Waals surface area contributed by atoms with Crippen LogP contribution in [0.1, 0.15) is 11.8 Å². The first-order valence-electron chi connectivity index (χ1n) is 5.53. The number of carbonyl (C=O) groups is 1. The number of aryl methyl sites for hydroxylation is 1. The Labute approximate surface area is 114 Å². The van der Waals surface area contributed by atoms with Gasteiger partial charge in [-0.25, -0.2) is 9.97 Å². The molecule has 0 N–H and O–H groups in total. The van der Waals surface area contributed by atoms with Crippen LogP contribution in [0.3, 0.4) is 0 Å². The number of fused-ring (bicyclic) bond motifs is 1. The fourth-order valence-corrected chi connectivity index (χ4v) is 3.43. The van der Waals surface area contributed by atoms with Gasteiger partial charge in [0.05, 0.1) is 13.0 Å². The second-order valence-corrected chi connectivity index (χ2v) is 6.23. The fourth-order valence-electron chi connectivity index (χ4n) is 1.54. The van der Waals surface area contributed by atoms with E-state index in [-0.39, 0.29) is 11.9 Å². The number of esters is 1. The van der Waals surface area contributed by atoms with Gasteiger partial charge < -0.3 is 4.74 Å². The Kier molecular flexibility index (Phi) is 4.19. The van der Waals surface area contributed by atoms with Gasteiger partial charge in [0.25, 0.3) is 0 Å². The predicted octanol–water partition coefficient (Wildman–Crippen LogP) is 2.90. The minimum atomic E-state index is -0.186. The highest BCUT2D eigenvalue weighted by Gasteiger charge is 2.15. The highest BCUT2D eigenvalue weighted by Crippen LogP contribution is 2.31. The molecule has 1 atom stereocenters.